The van der Waals surface area contributed by atoms with Crippen molar-refractivity contribution in [2.75, 3.05) is 0 Å². The van der Waals surface area contributed by atoms with E-state index < -0.39 is 0 Å². The molecule has 7 rings (SSSR count). The number of ether oxygens (including phenoxy) is 1. The standard InChI is InChI=1S/C35H36NO3/c1-19-28-30-29-22(11-13-36(30)8)32-24(23-15-20(17-34(2,3)4)9-10-26(23)38-32)16-27(29)39-33(28)25(18-35(5,6)7)21-12-14-37-31(19)21/h9-16H,17-18H2,1-8H3/q+1. The number of hydrogen-bond acceptors (Lipinski definition) is 3. The van der Waals surface area contributed by atoms with Gasteiger partial charge in [0.05, 0.1) is 11.8 Å². The zero-order valence-corrected chi connectivity index (χ0v) is 24.2. The first-order valence-corrected chi connectivity index (χ1v) is 13.9. The predicted octanol–water partition coefficient (Wildman–Crippen LogP) is 9.57. The number of pyridine rings is 1. The molecule has 0 saturated heterocycles. The second-order valence-corrected chi connectivity index (χ2v) is 13.8. The number of aromatic nitrogens is 1. The summed E-state index contributed by atoms with van der Waals surface area (Å²) in [6, 6.07) is 13.1. The fourth-order valence-electron chi connectivity index (χ4n) is 6.51. The van der Waals surface area contributed by atoms with Gasteiger partial charge >= 0.3 is 0 Å². The van der Waals surface area contributed by atoms with Crippen molar-refractivity contribution in [3.05, 3.63) is 65.5 Å². The number of rotatable bonds is 2. The highest BCUT2D eigenvalue weighted by Crippen LogP contribution is 2.53. The Labute approximate surface area is 229 Å². The third kappa shape index (κ3) is 3.68. The highest BCUT2D eigenvalue weighted by atomic mass is 16.5. The Morgan fingerprint density at radius 2 is 1.56 bits per heavy atom. The van der Waals surface area contributed by atoms with Crippen molar-refractivity contribution in [3.63, 3.8) is 0 Å². The lowest BCUT2D eigenvalue weighted by molar-refractivity contribution is -0.659. The number of hydrogen-bond donors (Lipinski definition) is 0. The molecule has 1 aliphatic rings. The van der Waals surface area contributed by atoms with Crippen LogP contribution in [0.1, 0.15) is 58.2 Å². The molecule has 0 fully saturated rings. The first-order chi connectivity index (χ1) is 18.4. The monoisotopic (exact) mass is 518 g/mol. The van der Waals surface area contributed by atoms with Crippen LogP contribution in [0.3, 0.4) is 0 Å². The average Bonchev–Trinajstić information content (AvgIpc) is 3.47. The van der Waals surface area contributed by atoms with E-state index in [1.54, 1.807) is 6.26 Å². The fraction of sp³-hybridized carbons (Fsp3) is 0.343. The lowest BCUT2D eigenvalue weighted by atomic mass is 9.83. The summed E-state index contributed by atoms with van der Waals surface area (Å²) in [4.78, 5) is 0. The van der Waals surface area contributed by atoms with Gasteiger partial charge in [0.25, 0.3) is 0 Å². The molecule has 0 spiro atoms. The summed E-state index contributed by atoms with van der Waals surface area (Å²) in [6.45, 7) is 15.8. The molecule has 4 nitrogen and oxygen atoms in total. The van der Waals surface area contributed by atoms with E-state index in [1.165, 1.54) is 11.1 Å². The molecule has 4 heterocycles. The van der Waals surface area contributed by atoms with Gasteiger partial charge in [-0.25, -0.2) is 4.57 Å². The van der Waals surface area contributed by atoms with Crippen molar-refractivity contribution in [2.45, 2.75) is 61.3 Å². The van der Waals surface area contributed by atoms with Gasteiger partial charge in [-0.15, -0.1) is 0 Å². The molecule has 0 N–H and O–H groups in total. The Balaban J connectivity index is 1.57. The Morgan fingerprint density at radius 3 is 2.31 bits per heavy atom. The molecule has 4 heteroatoms. The Hall–Kier alpha value is -3.79. The van der Waals surface area contributed by atoms with Crippen LogP contribution in [-0.4, -0.2) is 0 Å². The van der Waals surface area contributed by atoms with Crippen LogP contribution in [0.2, 0.25) is 0 Å². The third-order valence-electron chi connectivity index (χ3n) is 7.98. The number of benzene rings is 3. The van der Waals surface area contributed by atoms with Crippen LogP contribution in [0.25, 0.3) is 54.9 Å². The van der Waals surface area contributed by atoms with E-state index in [0.717, 1.165) is 84.8 Å². The van der Waals surface area contributed by atoms with Crippen LogP contribution in [0.15, 0.2) is 57.7 Å². The summed E-state index contributed by atoms with van der Waals surface area (Å²) in [6.07, 6.45) is 5.84. The van der Waals surface area contributed by atoms with E-state index in [9.17, 15) is 0 Å². The quantitative estimate of drug-likeness (QED) is 0.214. The van der Waals surface area contributed by atoms with Crippen LogP contribution in [0.4, 0.5) is 0 Å². The number of fused-ring (bicyclic) bond motifs is 7. The van der Waals surface area contributed by atoms with Crippen LogP contribution in [0, 0.1) is 17.8 Å². The average molecular weight is 519 g/mol. The van der Waals surface area contributed by atoms with Gasteiger partial charge in [-0.2, -0.15) is 0 Å². The van der Waals surface area contributed by atoms with Crippen LogP contribution < -0.4 is 9.30 Å². The smallest absolute Gasteiger partial charge is 0.228 e. The maximum atomic E-state index is 6.98. The van der Waals surface area contributed by atoms with Crippen molar-refractivity contribution in [2.24, 2.45) is 17.9 Å². The molecule has 0 amide bonds. The lowest BCUT2D eigenvalue weighted by Crippen LogP contribution is -2.32. The molecule has 3 aromatic carbocycles. The van der Waals surface area contributed by atoms with Crippen molar-refractivity contribution >= 4 is 43.7 Å². The molecule has 0 saturated carbocycles. The summed E-state index contributed by atoms with van der Waals surface area (Å²) in [5.74, 6) is 1.84. The molecular weight excluding hydrogens is 482 g/mol. The summed E-state index contributed by atoms with van der Waals surface area (Å²) in [7, 11) is 2.12. The molecule has 39 heavy (non-hydrogen) atoms. The highest BCUT2D eigenvalue weighted by molar-refractivity contribution is 6.20. The molecule has 0 unspecified atom stereocenters. The highest BCUT2D eigenvalue weighted by Gasteiger charge is 2.35. The van der Waals surface area contributed by atoms with Crippen molar-refractivity contribution < 1.29 is 18.1 Å². The molecule has 0 atom stereocenters. The molecule has 0 radical (unpaired) electrons. The summed E-state index contributed by atoms with van der Waals surface area (Å²) in [5.41, 5.74) is 8.95. The van der Waals surface area contributed by atoms with E-state index in [1.807, 2.05) is 0 Å². The second kappa shape index (κ2) is 7.88. The minimum absolute atomic E-state index is 0.0826. The third-order valence-corrected chi connectivity index (χ3v) is 7.98. The molecule has 3 aromatic heterocycles. The number of aryl methyl sites for hydroxylation is 2. The SMILES string of the molecule is Cc1c2c(c(CC(C)(C)C)c3ccoc13)Oc1cc3c4cc(CC(C)(C)C)ccc4oc3c3cc[n+](C)c-2c13. The largest absolute Gasteiger partial charge is 0.464 e. The topological polar surface area (TPSA) is 39.4 Å². The van der Waals surface area contributed by atoms with E-state index in [4.69, 9.17) is 13.6 Å². The first-order valence-electron chi connectivity index (χ1n) is 13.9. The van der Waals surface area contributed by atoms with E-state index in [-0.39, 0.29) is 10.8 Å². The summed E-state index contributed by atoms with van der Waals surface area (Å²) in [5, 5.41) is 5.55. The van der Waals surface area contributed by atoms with Gasteiger partial charge in [-0.05, 0) is 60.4 Å². The Bertz CT molecular complexity index is 1970. The zero-order valence-electron chi connectivity index (χ0n) is 24.2. The summed E-state index contributed by atoms with van der Waals surface area (Å²) < 4.78 is 21.8. The minimum Gasteiger partial charge on any atom is -0.464 e. The molecule has 0 aliphatic carbocycles. The van der Waals surface area contributed by atoms with Gasteiger partial charge < -0.3 is 13.6 Å². The lowest BCUT2D eigenvalue weighted by Gasteiger charge is -2.26. The maximum absolute atomic E-state index is 6.98. The first kappa shape index (κ1) is 24.3. The minimum atomic E-state index is 0.0826. The predicted molar refractivity (Wildman–Crippen MR) is 159 cm³/mol. The molecule has 1 aliphatic heterocycles. The van der Waals surface area contributed by atoms with E-state index in [0.29, 0.717) is 0 Å². The molecule has 6 aromatic rings. The zero-order chi connectivity index (χ0) is 27.4. The van der Waals surface area contributed by atoms with Gasteiger partial charge in [0, 0.05) is 38.7 Å². The molecular formula is C35H36NO3+. The fourth-order valence-corrected chi connectivity index (χ4v) is 6.51. The van der Waals surface area contributed by atoms with Gasteiger partial charge in [0.1, 0.15) is 40.7 Å². The van der Waals surface area contributed by atoms with Crippen molar-refractivity contribution in [1.82, 2.24) is 0 Å². The van der Waals surface area contributed by atoms with Crippen molar-refractivity contribution in [1.29, 1.82) is 0 Å². The number of nitrogens with zero attached hydrogens (tertiary/aromatic N) is 1. The van der Waals surface area contributed by atoms with Gasteiger partial charge in [0.15, 0.2) is 6.20 Å². The number of furan rings is 2. The van der Waals surface area contributed by atoms with E-state index >= 15 is 0 Å². The maximum Gasteiger partial charge on any atom is 0.228 e. The summed E-state index contributed by atoms with van der Waals surface area (Å²) >= 11 is 0. The molecule has 0 bridgehead atoms. The Morgan fingerprint density at radius 1 is 0.795 bits per heavy atom. The van der Waals surface area contributed by atoms with Gasteiger partial charge in [-0.3, -0.25) is 0 Å². The van der Waals surface area contributed by atoms with Crippen LogP contribution >= 0.6 is 0 Å². The van der Waals surface area contributed by atoms with Crippen LogP contribution in [-0.2, 0) is 19.9 Å². The second-order valence-electron chi connectivity index (χ2n) is 13.8. The Kier molecular flexibility index (Phi) is 4.90. The normalized spacial score (nSPS) is 13.5. The van der Waals surface area contributed by atoms with Crippen molar-refractivity contribution in [3.8, 4) is 22.8 Å². The van der Waals surface area contributed by atoms with E-state index in [2.05, 4.69) is 103 Å². The molecule has 198 valence electrons. The van der Waals surface area contributed by atoms with Gasteiger partial charge in [0.2, 0.25) is 5.69 Å². The van der Waals surface area contributed by atoms with Crippen LogP contribution in [0.5, 0.6) is 11.5 Å². The van der Waals surface area contributed by atoms with Gasteiger partial charge in [-0.1, -0.05) is 47.6 Å².